The fraction of sp³-hybridized carbons (Fsp3) is 0.667. The summed E-state index contributed by atoms with van der Waals surface area (Å²) in [6.07, 6.45) is 2.68. The molecule has 1 atom stereocenters. The lowest BCUT2D eigenvalue weighted by molar-refractivity contribution is 0.149. The highest BCUT2D eigenvalue weighted by molar-refractivity contribution is 5.39. The normalized spacial score (nSPS) is 14.6. The van der Waals surface area contributed by atoms with E-state index in [0.29, 0.717) is 6.54 Å². The lowest BCUT2D eigenvalue weighted by Gasteiger charge is -2.26. The molecular formula is C12H21N3O. The van der Waals surface area contributed by atoms with E-state index in [-0.39, 0.29) is 12.0 Å². The van der Waals surface area contributed by atoms with Crippen molar-refractivity contribution in [2.75, 3.05) is 18.5 Å². The lowest BCUT2D eigenvalue weighted by atomic mass is 9.89. The minimum atomic E-state index is -0.0993. The molecule has 2 N–H and O–H groups in total. The van der Waals surface area contributed by atoms with Gasteiger partial charge in [0.25, 0.3) is 0 Å². The molecular weight excluding hydrogens is 202 g/mol. The predicted octanol–water partition coefficient (Wildman–Crippen LogP) is 1.91. The lowest BCUT2D eigenvalue weighted by Crippen LogP contribution is -2.30. The van der Waals surface area contributed by atoms with Crippen LogP contribution in [0.2, 0.25) is 0 Å². The molecule has 0 aliphatic carbocycles. The van der Waals surface area contributed by atoms with Crippen molar-refractivity contribution in [3.63, 3.8) is 0 Å². The molecule has 0 bridgehead atoms. The zero-order valence-electron chi connectivity index (χ0n) is 10.5. The van der Waals surface area contributed by atoms with Crippen LogP contribution in [0.3, 0.4) is 0 Å². The van der Waals surface area contributed by atoms with Crippen LogP contribution in [0.1, 0.15) is 31.7 Å². The van der Waals surface area contributed by atoms with Gasteiger partial charge < -0.3 is 10.4 Å². The Hall–Kier alpha value is -1.16. The molecule has 1 rings (SSSR count). The van der Waals surface area contributed by atoms with Gasteiger partial charge in [-0.05, 0) is 20.3 Å². The van der Waals surface area contributed by atoms with Crippen LogP contribution >= 0.6 is 0 Å². The van der Waals surface area contributed by atoms with Crippen molar-refractivity contribution in [3.8, 4) is 0 Å². The molecule has 0 aliphatic rings. The van der Waals surface area contributed by atoms with Crippen LogP contribution in [0.5, 0.6) is 0 Å². The fourth-order valence-electron chi connectivity index (χ4n) is 1.29. The summed E-state index contributed by atoms with van der Waals surface area (Å²) in [5.74, 6) is 0.813. The van der Waals surface area contributed by atoms with E-state index in [1.807, 2.05) is 13.8 Å². The number of aryl methyl sites for hydroxylation is 2. The SMILES string of the molecule is CC[C@@](C)(CO)CNc1nc(C)cnc1C. The van der Waals surface area contributed by atoms with Gasteiger partial charge in [0.05, 0.1) is 18.0 Å². The summed E-state index contributed by atoms with van der Waals surface area (Å²) in [6.45, 7) is 8.86. The summed E-state index contributed by atoms with van der Waals surface area (Å²) in [6, 6.07) is 0. The molecule has 0 spiro atoms. The molecule has 1 heterocycles. The number of nitrogens with one attached hydrogen (secondary N) is 1. The van der Waals surface area contributed by atoms with Gasteiger partial charge >= 0.3 is 0 Å². The van der Waals surface area contributed by atoms with Crippen LogP contribution in [-0.4, -0.2) is 28.2 Å². The third-order valence-electron chi connectivity index (χ3n) is 2.99. The highest BCUT2D eigenvalue weighted by Gasteiger charge is 2.21. The molecule has 1 aromatic rings. The maximum absolute atomic E-state index is 9.31. The number of aromatic nitrogens is 2. The summed E-state index contributed by atoms with van der Waals surface area (Å²) in [4.78, 5) is 8.63. The Morgan fingerprint density at radius 2 is 2.12 bits per heavy atom. The van der Waals surface area contributed by atoms with Gasteiger partial charge in [-0.15, -0.1) is 0 Å². The molecule has 16 heavy (non-hydrogen) atoms. The van der Waals surface area contributed by atoms with E-state index in [1.165, 1.54) is 0 Å². The average Bonchev–Trinajstić information content (AvgIpc) is 2.30. The topological polar surface area (TPSA) is 58.0 Å². The summed E-state index contributed by atoms with van der Waals surface area (Å²) in [7, 11) is 0. The zero-order valence-corrected chi connectivity index (χ0v) is 10.5. The Morgan fingerprint density at radius 1 is 1.44 bits per heavy atom. The molecule has 1 aromatic heterocycles. The van der Waals surface area contributed by atoms with Gasteiger partial charge in [-0.1, -0.05) is 13.8 Å². The Kier molecular flexibility index (Phi) is 4.24. The number of rotatable bonds is 5. The van der Waals surface area contributed by atoms with Gasteiger partial charge in [-0.3, -0.25) is 4.98 Å². The first-order valence-corrected chi connectivity index (χ1v) is 5.66. The van der Waals surface area contributed by atoms with E-state index >= 15 is 0 Å². The summed E-state index contributed by atoms with van der Waals surface area (Å²) < 4.78 is 0. The maximum Gasteiger partial charge on any atom is 0.147 e. The van der Waals surface area contributed by atoms with Crippen LogP contribution in [0.15, 0.2) is 6.20 Å². The van der Waals surface area contributed by atoms with Crippen molar-refractivity contribution in [2.45, 2.75) is 34.1 Å². The average molecular weight is 223 g/mol. The van der Waals surface area contributed by atoms with Gasteiger partial charge in [0, 0.05) is 18.2 Å². The summed E-state index contributed by atoms with van der Waals surface area (Å²) in [5, 5.41) is 12.6. The monoisotopic (exact) mass is 223 g/mol. The molecule has 0 radical (unpaired) electrons. The largest absolute Gasteiger partial charge is 0.396 e. The van der Waals surface area contributed by atoms with Crippen molar-refractivity contribution < 1.29 is 5.11 Å². The number of aliphatic hydroxyl groups is 1. The first kappa shape index (κ1) is 12.9. The van der Waals surface area contributed by atoms with E-state index < -0.39 is 0 Å². The van der Waals surface area contributed by atoms with Gasteiger partial charge in [-0.25, -0.2) is 4.98 Å². The fourth-order valence-corrected chi connectivity index (χ4v) is 1.29. The zero-order chi connectivity index (χ0) is 12.2. The second-order valence-corrected chi connectivity index (χ2v) is 4.62. The minimum Gasteiger partial charge on any atom is -0.396 e. The predicted molar refractivity (Wildman–Crippen MR) is 65.5 cm³/mol. The van der Waals surface area contributed by atoms with Gasteiger partial charge in [-0.2, -0.15) is 0 Å². The third kappa shape index (κ3) is 3.17. The van der Waals surface area contributed by atoms with E-state index in [0.717, 1.165) is 23.6 Å². The van der Waals surface area contributed by atoms with Crippen LogP contribution in [0.25, 0.3) is 0 Å². The molecule has 0 unspecified atom stereocenters. The number of hydrogen-bond acceptors (Lipinski definition) is 4. The second kappa shape index (κ2) is 5.25. The molecule has 0 fully saturated rings. The van der Waals surface area contributed by atoms with Crippen molar-refractivity contribution in [2.24, 2.45) is 5.41 Å². The molecule has 0 saturated heterocycles. The molecule has 0 aliphatic heterocycles. The molecule has 4 nitrogen and oxygen atoms in total. The Morgan fingerprint density at radius 3 is 2.69 bits per heavy atom. The van der Waals surface area contributed by atoms with Crippen LogP contribution in [0, 0.1) is 19.3 Å². The molecule has 0 saturated carbocycles. The summed E-state index contributed by atoms with van der Waals surface area (Å²) >= 11 is 0. The number of nitrogens with zero attached hydrogens (tertiary/aromatic N) is 2. The Labute approximate surface area is 97.1 Å². The minimum absolute atomic E-state index is 0.0993. The summed E-state index contributed by atoms with van der Waals surface area (Å²) in [5.41, 5.74) is 1.69. The number of hydrogen-bond donors (Lipinski definition) is 2. The highest BCUT2D eigenvalue weighted by Crippen LogP contribution is 2.21. The second-order valence-electron chi connectivity index (χ2n) is 4.62. The maximum atomic E-state index is 9.31. The molecule has 0 amide bonds. The van der Waals surface area contributed by atoms with E-state index in [2.05, 4.69) is 29.1 Å². The van der Waals surface area contributed by atoms with E-state index in [9.17, 15) is 5.11 Å². The van der Waals surface area contributed by atoms with E-state index in [4.69, 9.17) is 0 Å². The quantitative estimate of drug-likeness (QED) is 0.800. The standard InChI is InChI=1S/C12H21N3O/c1-5-12(4,8-16)7-14-11-10(3)13-6-9(2)15-11/h6,16H,5,7-8H2,1-4H3,(H,14,15)/t12-/m1/s1. The Bertz CT molecular complexity index is 348. The molecule has 4 heteroatoms. The van der Waals surface area contributed by atoms with Crippen LogP contribution < -0.4 is 5.32 Å². The first-order chi connectivity index (χ1) is 7.50. The van der Waals surface area contributed by atoms with Gasteiger partial charge in [0.2, 0.25) is 0 Å². The smallest absolute Gasteiger partial charge is 0.147 e. The van der Waals surface area contributed by atoms with E-state index in [1.54, 1.807) is 6.20 Å². The van der Waals surface area contributed by atoms with Gasteiger partial charge in [0.1, 0.15) is 5.82 Å². The van der Waals surface area contributed by atoms with Crippen molar-refractivity contribution in [1.29, 1.82) is 0 Å². The molecule has 90 valence electrons. The van der Waals surface area contributed by atoms with Crippen molar-refractivity contribution in [3.05, 3.63) is 17.6 Å². The third-order valence-corrected chi connectivity index (χ3v) is 2.99. The van der Waals surface area contributed by atoms with Crippen LogP contribution in [-0.2, 0) is 0 Å². The first-order valence-electron chi connectivity index (χ1n) is 5.66. The molecule has 0 aromatic carbocycles. The van der Waals surface area contributed by atoms with Crippen molar-refractivity contribution >= 4 is 5.82 Å². The number of aliphatic hydroxyl groups excluding tert-OH is 1. The Balaban J connectivity index is 2.70. The highest BCUT2D eigenvalue weighted by atomic mass is 16.3. The number of anilines is 1. The van der Waals surface area contributed by atoms with Crippen molar-refractivity contribution in [1.82, 2.24) is 9.97 Å². The van der Waals surface area contributed by atoms with Crippen LogP contribution in [0.4, 0.5) is 5.82 Å². The van der Waals surface area contributed by atoms with Gasteiger partial charge in [0.15, 0.2) is 0 Å².